The lowest BCUT2D eigenvalue weighted by Gasteiger charge is -2.25. The number of rotatable bonds is 4. The molecule has 1 heterocycles. The molecule has 1 aliphatic heterocycles. The van der Waals surface area contributed by atoms with Crippen molar-refractivity contribution < 1.29 is 4.79 Å². The smallest absolute Gasteiger partial charge is 0.224 e. The Labute approximate surface area is 121 Å². The van der Waals surface area contributed by atoms with Gasteiger partial charge in [0.05, 0.1) is 6.42 Å². The Morgan fingerprint density at radius 3 is 2.89 bits per heavy atom. The summed E-state index contributed by atoms with van der Waals surface area (Å²) in [4.78, 5) is 11.7. The van der Waals surface area contributed by atoms with Crippen molar-refractivity contribution in [1.82, 2.24) is 10.6 Å². The van der Waals surface area contributed by atoms with E-state index in [1.54, 1.807) is 0 Å². The van der Waals surface area contributed by atoms with E-state index in [2.05, 4.69) is 28.8 Å². The van der Waals surface area contributed by atoms with Crippen LogP contribution in [0.1, 0.15) is 36.8 Å². The lowest BCUT2D eigenvalue weighted by Crippen LogP contribution is -2.30. The van der Waals surface area contributed by atoms with Crippen LogP contribution < -0.4 is 10.6 Å². The summed E-state index contributed by atoms with van der Waals surface area (Å²) in [5.41, 5.74) is 2.52. The molecule has 1 amide bonds. The van der Waals surface area contributed by atoms with Crippen LogP contribution in [0.2, 0.25) is 0 Å². The van der Waals surface area contributed by atoms with E-state index < -0.39 is 0 Å². The predicted molar refractivity (Wildman–Crippen MR) is 80.9 cm³/mol. The molecule has 1 aliphatic rings. The Kier molecular flexibility index (Phi) is 6.89. The first-order valence-electron chi connectivity index (χ1n) is 6.86. The average Bonchev–Trinajstić information content (AvgIpc) is 2.40. The first-order valence-corrected chi connectivity index (χ1v) is 6.86. The van der Waals surface area contributed by atoms with Crippen LogP contribution in [-0.2, 0) is 11.2 Å². The van der Waals surface area contributed by atoms with Gasteiger partial charge in [0.1, 0.15) is 0 Å². The number of piperidine rings is 1. The molecule has 19 heavy (non-hydrogen) atoms. The predicted octanol–water partition coefficient (Wildman–Crippen LogP) is 2.25. The summed E-state index contributed by atoms with van der Waals surface area (Å²) in [6.07, 6.45) is 2.94. The number of hydrogen-bond donors (Lipinski definition) is 2. The first-order chi connectivity index (χ1) is 8.81. The molecule has 0 aliphatic carbocycles. The van der Waals surface area contributed by atoms with Crippen molar-refractivity contribution in [2.45, 2.75) is 32.1 Å². The van der Waals surface area contributed by atoms with Gasteiger partial charge in [-0.3, -0.25) is 4.79 Å². The molecule has 0 spiro atoms. The Morgan fingerprint density at radius 2 is 2.21 bits per heavy atom. The molecule has 1 aromatic rings. The summed E-state index contributed by atoms with van der Waals surface area (Å²) in [6, 6.07) is 8.35. The fourth-order valence-electron chi connectivity index (χ4n) is 2.64. The van der Waals surface area contributed by atoms with E-state index in [1.807, 2.05) is 13.0 Å². The number of carbonyl (C=O) groups excluding carboxylic acids is 1. The molecule has 1 fully saturated rings. The van der Waals surface area contributed by atoms with Gasteiger partial charge in [-0.05, 0) is 43.4 Å². The molecule has 3 nitrogen and oxygen atoms in total. The Morgan fingerprint density at radius 1 is 1.42 bits per heavy atom. The maximum Gasteiger partial charge on any atom is 0.224 e. The minimum Gasteiger partial charge on any atom is -0.356 e. The molecule has 1 atom stereocenters. The van der Waals surface area contributed by atoms with Crippen molar-refractivity contribution in [2.75, 3.05) is 19.6 Å². The fourth-order valence-corrected chi connectivity index (χ4v) is 2.64. The van der Waals surface area contributed by atoms with E-state index in [0.717, 1.165) is 13.1 Å². The third-order valence-corrected chi connectivity index (χ3v) is 3.52. The number of benzene rings is 1. The van der Waals surface area contributed by atoms with Crippen molar-refractivity contribution in [3.8, 4) is 0 Å². The average molecular weight is 283 g/mol. The monoisotopic (exact) mass is 282 g/mol. The van der Waals surface area contributed by atoms with E-state index in [4.69, 9.17) is 0 Å². The van der Waals surface area contributed by atoms with Gasteiger partial charge in [0, 0.05) is 13.1 Å². The molecule has 1 aromatic carbocycles. The minimum absolute atomic E-state index is 0. The molecule has 0 aromatic heterocycles. The van der Waals surface area contributed by atoms with Gasteiger partial charge in [-0.2, -0.15) is 0 Å². The summed E-state index contributed by atoms with van der Waals surface area (Å²) in [5, 5.41) is 6.31. The van der Waals surface area contributed by atoms with E-state index in [1.165, 1.54) is 24.0 Å². The Bertz CT molecular complexity index is 403. The van der Waals surface area contributed by atoms with E-state index in [-0.39, 0.29) is 18.3 Å². The highest BCUT2D eigenvalue weighted by molar-refractivity contribution is 5.85. The number of nitrogens with one attached hydrogen (secondary N) is 2. The summed E-state index contributed by atoms with van der Waals surface area (Å²) in [5.74, 6) is 0.679. The molecule has 0 bridgehead atoms. The third-order valence-electron chi connectivity index (χ3n) is 3.52. The van der Waals surface area contributed by atoms with Gasteiger partial charge in [0.2, 0.25) is 5.91 Å². The molecule has 1 unspecified atom stereocenters. The molecule has 0 saturated carbocycles. The van der Waals surface area contributed by atoms with Crippen LogP contribution in [0, 0.1) is 0 Å². The number of likely N-dealkylation sites (N-methyl/N-ethyl adjacent to an activating group) is 1. The zero-order valence-electron chi connectivity index (χ0n) is 11.4. The lowest BCUT2D eigenvalue weighted by atomic mass is 9.87. The quantitative estimate of drug-likeness (QED) is 0.889. The molecule has 106 valence electrons. The third kappa shape index (κ3) is 4.51. The van der Waals surface area contributed by atoms with Crippen molar-refractivity contribution >= 4 is 18.3 Å². The van der Waals surface area contributed by atoms with Gasteiger partial charge in [-0.15, -0.1) is 12.4 Å². The largest absolute Gasteiger partial charge is 0.356 e. The number of halogens is 1. The zero-order valence-corrected chi connectivity index (χ0v) is 12.3. The first kappa shape index (κ1) is 16.0. The van der Waals surface area contributed by atoms with Crippen LogP contribution in [0.4, 0.5) is 0 Å². The summed E-state index contributed by atoms with van der Waals surface area (Å²) >= 11 is 0. The zero-order chi connectivity index (χ0) is 12.8. The topological polar surface area (TPSA) is 41.1 Å². The van der Waals surface area contributed by atoms with Gasteiger partial charge in [-0.25, -0.2) is 0 Å². The number of hydrogen-bond acceptors (Lipinski definition) is 2. The maximum atomic E-state index is 11.7. The van der Waals surface area contributed by atoms with Gasteiger partial charge in [-0.1, -0.05) is 24.3 Å². The molecular weight excluding hydrogens is 260 g/mol. The Hall–Kier alpha value is -1.06. The van der Waals surface area contributed by atoms with E-state index >= 15 is 0 Å². The highest BCUT2D eigenvalue weighted by atomic mass is 35.5. The summed E-state index contributed by atoms with van der Waals surface area (Å²) in [6.45, 7) is 4.81. The molecule has 2 N–H and O–H groups in total. The van der Waals surface area contributed by atoms with Crippen LogP contribution in [0.25, 0.3) is 0 Å². The summed E-state index contributed by atoms with van der Waals surface area (Å²) < 4.78 is 0. The lowest BCUT2D eigenvalue weighted by molar-refractivity contribution is -0.120. The molecule has 4 heteroatoms. The summed E-state index contributed by atoms with van der Waals surface area (Å²) in [7, 11) is 0. The van der Waals surface area contributed by atoms with Crippen LogP contribution in [0.3, 0.4) is 0 Å². The standard InChI is InChI=1S/C15H22N2O.ClH/c1-2-17-15(18)10-12-6-3-4-8-14(12)13-7-5-9-16-11-13;/h3-4,6,8,13,16H,2,5,7,9-11H2,1H3,(H,17,18);1H. The van der Waals surface area contributed by atoms with Gasteiger partial charge < -0.3 is 10.6 Å². The maximum absolute atomic E-state index is 11.7. The minimum atomic E-state index is 0. The van der Waals surface area contributed by atoms with Gasteiger partial charge in [0.25, 0.3) is 0 Å². The highest BCUT2D eigenvalue weighted by Crippen LogP contribution is 2.26. The van der Waals surface area contributed by atoms with E-state index in [0.29, 0.717) is 18.9 Å². The fraction of sp³-hybridized carbons (Fsp3) is 0.533. The SMILES string of the molecule is CCNC(=O)Cc1ccccc1C1CCCNC1.Cl. The number of carbonyl (C=O) groups is 1. The molecular formula is C15H23ClN2O. The van der Waals surface area contributed by atoms with Crippen molar-refractivity contribution in [2.24, 2.45) is 0 Å². The van der Waals surface area contributed by atoms with Crippen LogP contribution in [0.15, 0.2) is 24.3 Å². The molecule has 1 saturated heterocycles. The second-order valence-corrected chi connectivity index (χ2v) is 4.87. The second kappa shape index (κ2) is 8.18. The van der Waals surface area contributed by atoms with Crippen LogP contribution in [-0.4, -0.2) is 25.5 Å². The normalized spacial score (nSPS) is 18.5. The molecule has 2 rings (SSSR count). The van der Waals surface area contributed by atoms with Crippen LogP contribution >= 0.6 is 12.4 Å². The molecule has 0 radical (unpaired) electrons. The van der Waals surface area contributed by atoms with Crippen molar-refractivity contribution in [1.29, 1.82) is 0 Å². The second-order valence-electron chi connectivity index (χ2n) is 4.87. The highest BCUT2D eigenvalue weighted by Gasteiger charge is 2.18. The van der Waals surface area contributed by atoms with E-state index in [9.17, 15) is 4.79 Å². The van der Waals surface area contributed by atoms with Crippen molar-refractivity contribution in [3.05, 3.63) is 35.4 Å². The van der Waals surface area contributed by atoms with Gasteiger partial charge >= 0.3 is 0 Å². The Balaban J connectivity index is 0.00000180. The van der Waals surface area contributed by atoms with Gasteiger partial charge in [0.15, 0.2) is 0 Å². The number of amides is 1. The van der Waals surface area contributed by atoms with Crippen LogP contribution in [0.5, 0.6) is 0 Å². The van der Waals surface area contributed by atoms with Crippen molar-refractivity contribution in [3.63, 3.8) is 0 Å².